The third-order valence-electron chi connectivity index (χ3n) is 4.94. The van der Waals surface area contributed by atoms with E-state index in [0.717, 1.165) is 32.2 Å². The van der Waals surface area contributed by atoms with Crippen molar-refractivity contribution >= 4 is 23.6 Å². The monoisotopic (exact) mass is 296 g/mol. The van der Waals surface area contributed by atoms with Crippen LogP contribution < -0.4 is 5.32 Å². The van der Waals surface area contributed by atoms with Gasteiger partial charge in [-0.05, 0) is 43.1 Å². The molecule has 3 aliphatic rings. The van der Waals surface area contributed by atoms with E-state index in [1.54, 1.807) is 0 Å². The lowest BCUT2D eigenvalue weighted by Gasteiger charge is -2.45. The Bertz CT molecular complexity index is 387. The molecule has 0 aromatic heterocycles. The van der Waals surface area contributed by atoms with E-state index in [-0.39, 0.29) is 18.4 Å². The summed E-state index contributed by atoms with van der Waals surface area (Å²) in [5.74, 6) is 3.21. The van der Waals surface area contributed by atoms with Gasteiger partial charge in [-0.1, -0.05) is 19.3 Å². The molecular formula is C15H24N2O2S. The van der Waals surface area contributed by atoms with Crippen molar-refractivity contribution in [2.75, 3.05) is 24.6 Å². The summed E-state index contributed by atoms with van der Waals surface area (Å²) >= 11 is 2.00. The lowest BCUT2D eigenvalue weighted by Crippen LogP contribution is -2.67. The molecule has 1 spiro atoms. The maximum atomic E-state index is 12.8. The molecule has 2 amide bonds. The number of hydrogen-bond acceptors (Lipinski definition) is 3. The van der Waals surface area contributed by atoms with Crippen LogP contribution in [0.3, 0.4) is 0 Å². The Morgan fingerprint density at radius 2 is 1.85 bits per heavy atom. The summed E-state index contributed by atoms with van der Waals surface area (Å²) in [4.78, 5) is 26.7. The lowest BCUT2D eigenvalue weighted by atomic mass is 9.79. The first-order valence-electron chi connectivity index (χ1n) is 7.88. The summed E-state index contributed by atoms with van der Waals surface area (Å²) in [6.45, 7) is 1.05. The number of carbonyl (C=O) groups is 2. The summed E-state index contributed by atoms with van der Waals surface area (Å²) in [6.07, 6.45) is 7.32. The van der Waals surface area contributed by atoms with Crippen LogP contribution in [0.4, 0.5) is 0 Å². The highest BCUT2D eigenvalue weighted by molar-refractivity contribution is 7.99. The van der Waals surface area contributed by atoms with Crippen molar-refractivity contribution in [1.82, 2.24) is 10.2 Å². The molecule has 1 N–H and O–H groups in total. The molecule has 3 fully saturated rings. The number of amides is 2. The van der Waals surface area contributed by atoms with Gasteiger partial charge in [0.2, 0.25) is 11.8 Å². The fourth-order valence-electron chi connectivity index (χ4n) is 3.79. The summed E-state index contributed by atoms with van der Waals surface area (Å²) in [5.41, 5.74) is -0.559. The van der Waals surface area contributed by atoms with Gasteiger partial charge in [-0.3, -0.25) is 9.59 Å². The van der Waals surface area contributed by atoms with Crippen LogP contribution in [0.2, 0.25) is 0 Å². The van der Waals surface area contributed by atoms with Gasteiger partial charge in [0.1, 0.15) is 5.54 Å². The number of rotatable bonds is 2. The van der Waals surface area contributed by atoms with Crippen LogP contribution in [0.5, 0.6) is 0 Å². The quantitative estimate of drug-likeness (QED) is 0.845. The molecule has 0 bridgehead atoms. The van der Waals surface area contributed by atoms with Crippen molar-refractivity contribution in [2.45, 2.75) is 50.5 Å². The molecule has 2 heterocycles. The predicted molar refractivity (Wildman–Crippen MR) is 80.6 cm³/mol. The average Bonchev–Trinajstić information content (AvgIpc) is 2.46. The summed E-state index contributed by atoms with van der Waals surface area (Å²) in [5, 5.41) is 3.01. The van der Waals surface area contributed by atoms with Crippen LogP contribution in [0.25, 0.3) is 0 Å². The predicted octanol–water partition coefficient (Wildman–Crippen LogP) is 1.79. The van der Waals surface area contributed by atoms with Crippen molar-refractivity contribution in [3.05, 3.63) is 0 Å². The summed E-state index contributed by atoms with van der Waals surface area (Å²) in [7, 11) is 0. The van der Waals surface area contributed by atoms with Crippen molar-refractivity contribution in [1.29, 1.82) is 0 Å². The Hall–Kier alpha value is -0.710. The first kappa shape index (κ1) is 14.2. The molecule has 0 unspecified atom stereocenters. The van der Waals surface area contributed by atoms with Gasteiger partial charge in [-0.2, -0.15) is 11.8 Å². The maximum Gasteiger partial charge on any atom is 0.248 e. The Morgan fingerprint density at radius 1 is 1.15 bits per heavy atom. The van der Waals surface area contributed by atoms with Gasteiger partial charge in [0.05, 0.1) is 6.54 Å². The van der Waals surface area contributed by atoms with E-state index in [1.165, 1.54) is 30.8 Å². The highest BCUT2D eigenvalue weighted by Crippen LogP contribution is 2.33. The first-order valence-corrected chi connectivity index (χ1v) is 9.03. The van der Waals surface area contributed by atoms with E-state index in [0.29, 0.717) is 5.92 Å². The molecule has 0 radical (unpaired) electrons. The zero-order valence-corrected chi connectivity index (χ0v) is 12.8. The van der Waals surface area contributed by atoms with Crippen LogP contribution >= 0.6 is 11.8 Å². The van der Waals surface area contributed by atoms with Gasteiger partial charge in [-0.15, -0.1) is 0 Å². The second kappa shape index (κ2) is 5.96. The average molecular weight is 296 g/mol. The normalized spacial score (nSPS) is 27.7. The van der Waals surface area contributed by atoms with Gasteiger partial charge in [-0.25, -0.2) is 0 Å². The molecule has 20 heavy (non-hydrogen) atoms. The first-order chi connectivity index (χ1) is 9.70. The fraction of sp³-hybridized carbons (Fsp3) is 0.867. The van der Waals surface area contributed by atoms with Gasteiger partial charge in [0, 0.05) is 6.54 Å². The SMILES string of the molecule is O=C1CN(CC2CCSCC2)C(=O)C2(CCCCC2)N1. The number of piperazine rings is 1. The van der Waals surface area contributed by atoms with E-state index in [4.69, 9.17) is 0 Å². The molecular weight excluding hydrogens is 272 g/mol. The van der Waals surface area contributed by atoms with Gasteiger partial charge in [0.25, 0.3) is 0 Å². The molecule has 3 rings (SSSR count). The van der Waals surface area contributed by atoms with Gasteiger partial charge < -0.3 is 10.2 Å². The Morgan fingerprint density at radius 3 is 2.55 bits per heavy atom. The van der Waals surface area contributed by atoms with E-state index >= 15 is 0 Å². The zero-order chi connectivity index (χ0) is 14.0. The summed E-state index contributed by atoms with van der Waals surface area (Å²) in [6, 6.07) is 0. The van der Waals surface area contributed by atoms with Crippen LogP contribution in [0.1, 0.15) is 44.9 Å². The van der Waals surface area contributed by atoms with Crippen LogP contribution in [0.15, 0.2) is 0 Å². The molecule has 0 aromatic rings. The van der Waals surface area contributed by atoms with Crippen LogP contribution in [-0.4, -0.2) is 46.8 Å². The molecule has 2 saturated heterocycles. The van der Waals surface area contributed by atoms with Crippen LogP contribution in [-0.2, 0) is 9.59 Å². The fourth-order valence-corrected chi connectivity index (χ4v) is 4.99. The third-order valence-corrected chi connectivity index (χ3v) is 5.99. The Labute approximate surface area is 125 Å². The number of nitrogens with one attached hydrogen (secondary N) is 1. The molecule has 4 nitrogen and oxygen atoms in total. The van der Waals surface area contributed by atoms with Gasteiger partial charge >= 0.3 is 0 Å². The standard InChI is InChI=1S/C15H24N2O2S/c18-13-11-17(10-12-4-8-20-9-5-12)14(19)15(16-13)6-2-1-3-7-15/h12H,1-11H2,(H,16,18). The molecule has 5 heteroatoms. The minimum absolute atomic E-state index is 0.0386. The molecule has 2 aliphatic heterocycles. The third kappa shape index (κ3) is 2.83. The smallest absolute Gasteiger partial charge is 0.248 e. The minimum Gasteiger partial charge on any atom is -0.340 e. The topological polar surface area (TPSA) is 49.4 Å². The zero-order valence-electron chi connectivity index (χ0n) is 12.0. The highest BCUT2D eigenvalue weighted by Gasteiger charge is 2.47. The number of carbonyl (C=O) groups excluding carboxylic acids is 2. The molecule has 1 aliphatic carbocycles. The van der Waals surface area contributed by atoms with Crippen molar-refractivity contribution < 1.29 is 9.59 Å². The lowest BCUT2D eigenvalue weighted by molar-refractivity contribution is -0.152. The molecule has 0 atom stereocenters. The van der Waals surface area contributed by atoms with Crippen molar-refractivity contribution in [3.8, 4) is 0 Å². The number of thioether (sulfide) groups is 1. The van der Waals surface area contributed by atoms with E-state index in [1.807, 2.05) is 16.7 Å². The van der Waals surface area contributed by atoms with E-state index in [9.17, 15) is 9.59 Å². The second-order valence-electron chi connectivity index (χ2n) is 6.43. The highest BCUT2D eigenvalue weighted by atomic mass is 32.2. The second-order valence-corrected chi connectivity index (χ2v) is 7.66. The maximum absolute atomic E-state index is 12.8. The van der Waals surface area contributed by atoms with Crippen LogP contribution in [0, 0.1) is 5.92 Å². The molecule has 0 aromatic carbocycles. The largest absolute Gasteiger partial charge is 0.340 e. The van der Waals surface area contributed by atoms with E-state index in [2.05, 4.69) is 5.32 Å². The van der Waals surface area contributed by atoms with Crippen molar-refractivity contribution in [2.24, 2.45) is 5.92 Å². The number of nitrogens with zero attached hydrogens (tertiary/aromatic N) is 1. The molecule has 1 saturated carbocycles. The van der Waals surface area contributed by atoms with E-state index < -0.39 is 5.54 Å². The minimum atomic E-state index is -0.559. The number of hydrogen-bond donors (Lipinski definition) is 1. The summed E-state index contributed by atoms with van der Waals surface area (Å²) < 4.78 is 0. The Balaban J connectivity index is 1.69. The van der Waals surface area contributed by atoms with Crippen molar-refractivity contribution in [3.63, 3.8) is 0 Å². The van der Waals surface area contributed by atoms with Gasteiger partial charge in [0.15, 0.2) is 0 Å². The molecule has 112 valence electrons. The Kier molecular flexibility index (Phi) is 4.24.